The molecule has 1 heterocycles. The van der Waals surface area contributed by atoms with Crippen LogP contribution in [0.2, 0.25) is 0 Å². The number of aliphatic hydroxyl groups is 1. The van der Waals surface area contributed by atoms with Crippen molar-refractivity contribution in [1.82, 2.24) is 9.80 Å². The molecule has 0 saturated carbocycles. The number of sulfonamides is 1. The molecule has 9 heteroatoms. The second-order valence-corrected chi connectivity index (χ2v) is 7.00. The van der Waals surface area contributed by atoms with Crippen molar-refractivity contribution in [3.05, 3.63) is 24.3 Å². The van der Waals surface area contributed by atoms with E-state index in [9.17, 15) is 8.42 Å². The first kappa shape index (κ1) is 17.1. The van der Waals surface area contributed by atoms with Gasteiger partial charge in [0, 0.05) is 38.4 Å². The number of nitrogens with two attached hydrogens (primary N) is 1. The Bertz CT molecular complexity index is 611. The predicted octanol–water partition coefficient (Wildman–Crippen LogP) is -0.359. The van der Waals surface area contributed by atoms with E-state index in [0.29, 0.717) is 11.7 Å². The average Bonchev–Trinajstić information content (AvgIpc) is 2.48. The summed E-state index contributed by atoms with van der Waals surface area (Å²) in [5.74, 6) is 0. The topological polar surface area (TPSA) is 98.9 Å². The van der Waals surface area contributed by atoms with Crippen LogP contribution in [0.4, 0.5) is 5.69 Å². The smallest absolute Gasteiger partial charge is 0.238 e. The van der Waals surface area contributed by atoms with Crippen LogP contribution in [0.1, 0.15) is 0 Å². The summed E-state index contributed by atoms with van der Waals surface area (Å²) in [6.45, 7) is 4.14. The third-order valence-corrected chi connectivity index (χ3v) is 4.80. The molecule has 7 nitrogen and oxygen atoms in total. The van der Waals surface area contributed by atoms with Crippen molar-refractivity contribution in [1.29, 1.82) is 0 Å². The maximum absolute atomic E-state index is 11.2. The fourth-order valence-corrected chi connectivity index (χ4v) is 3.06. The average molecular weight is 344 g/mol. The molecule has 1 aliphatic heterocycles. The summed E-state index contributed by atoms with van der Waals surface area (Å²) in [5.41, 5.74) is 0.718. The van der Waals surface area contributed by atoms with Gasteiger partial charge in [0.1, 0.15) is 0 Å². The van der Waals surface area contributed by atoms with Crippen molar-refractivity contribution in [2.24, 2.45) is 5.14 Å². The van der Waals surface area contributed by atoms with Gasteiger partial charge in [-0.3, -0.25) is 4.90 Å². The number of aliphatic hydroxyl groups excluding tert-OH is 1. The maximum atomic E-state index is 11.2. The number of rotatable bonds is 4. The number of hydrogen-bond donors (Lipinski definition) is 3. The van der Waals surface area contributed by atoms with Gasteiger partial charge < -0.3 is 15.3 Å². The standard InChI is InChI=1S/C13H20N4O3S2/c14-22(19,20)12-3-1-11(2-4-12)15-13(21)17-7-5-16(6-8-17)9-10-18/h1-4,18H,5-10H2,(H,15,21)(H2,14,19,20). The van der Waals surface area contributed by atoms with Gasteiger partial charge in [0.05, 0.1) is 11.5 Å². The van der Waals surface area contributed by atoms with Crippen LogP contribution >= 0.6 is 12.2 Å². The number of primary sulfonamides is 1. The molecule has 0 spiro atoms. The highest BCUT2D eigenvalue weighted by atomic mass is 32.2. The molecule has 0 aromatic heterocycles. The number of β-amino-alcohol motifs (C(OH)–C–C–N with tert-alkyl or cyclic N) is 1. The predicted molar refractivity (Wildman–Crippen MR) is 89.1 cm³/mol. The molecule has 0 aliphatic carbocycles. The fraction of sp³-hybridized carbons (Fsp3) is 0.462. The van der Waals surface area contributed by atoms with E-state index in [1.165, 1.54) is 12.1 Å². The van der Waals surface area contributed by atoms with Crippen molar-refractivity contribution in [2.45, 2.75) is 4.90 Å². The van der Waals surface area contributed by atoms with Crippen LogP contribution < -0.4 is 10.5 Å². The molecule has 1 aliphatic rings. The Morgan fingerprint density at radius 1 is 1.23 bits per heavy atom. The summed E-state index contributed by atoms with van der Waals surface area (Å²) in [6.07, 6.45) is 0. The van der Waals surface area contributed by atoms with E-state index in [2.05, 4.69) is 15.1 Å². The molecule has 1 saturated heterocycles. The zero-order valence-corrected chi connectivity index (χ0v) is 13.7. The summed E-state index contributed by atoms with van der Waals surface area (Å²) >= 11 is 5.37. The van der Waals surface area contributed by atoms with Crippen LogP contribution in [-0.2, 0) is 10.0 Å². The number of benzene rings is 1. The molecule has 0 bridgehead atoms. The van der Waals surface area contributed by atoms with Crippen molar-refractivity contribution < 1.29 is 13.5 Å². The molecular weight excluding hydrogens is 324 g/mol. The van der Waals surface area contributed by atoms with Crippen LogP contribution in [0.15, 0.2) is 29.2 Å². The highest BCUT2D eigenvalue weighted by Gasteiger charge is 2.18. The third kappa shape index (κ3) is 4.62. The lowest BCUT2D eigenvalue weighted by atomic mass is 10.3. The van der Waals surface area contributed by atoms with E-state index in [0.717, 1.165) is 31.9 Å². The Balaban J connectivity index is 1.90. The molecule has 0 atom stereocenters. The number of piperazine rings is 1. The number of anilines is 1. The van der Waals surface area contributed by atoms with E-state index in [1.54, 1.807) is 12.1 Å². The van der Waals surface area contributed by atoms with Crippen molar-refractivity contribution in [3.63, 3.8) is 0 Å². The molecule has 22 heavy (non-hydrogen) atoms. The minimum absolute atomic E-state index is 0.0709. The monoisotopic (exact) mass is 344 g/mol. The minimum Gasteiger partial charge on any atom is -0.395 e. The number of thiocarbonyl (C=S) groups is 1. The van der Waals surface area contributed by atoms with E-state index in [1.807, 2.05) is 0 Å². The quantitative estimate of drug-likeness (QED) is 0.642. The molecule has 1 aromatic carbocycles. The van der Waals surface area contributed by atoms with Crippen molar-refractivity contribution >= 4 is 33.0 Å². The molecule has 0 radical (unpaired) electrons. The maximum Gasteiger partial charge on any atom is 0.238 e. The van der Waals surface area contributed by atoms with Gasteiger partial charge in [0.15, 0.2) is 5.11 Å². The number of nitrogens with one attached hydrogen (secondary N) is 1. The Morgan fingerprint density at radius 3 is 2.32 bits per heavy atom. The molecular formula is C13H20N4O3S2. The van der Waals surface area contributed by atoms with Gasteiger partial charge in [0.2, 0.25) is 10.0 Å². The number of nitrogens with zero attached hydrogens (tertiary/aromatic N) is 2. The van der Waals surface area contributed by atoms with Crippen LogP contribution in [0.5, 0.6) is 0 Å². The highest BCUT2D eigenvalue weighted by Crippen LogP contribution is 2.14. The van der Waals surface area contributed by atoms with E-state index >= 15 is 0 Å². The number of hydrogen-bond acceptors (Lipinski definition) is 5. The minimum atomic E-state index is -3.68. The molecule has 1 aromatic rings. The van der Waals surface area contributed by atoms with Gasteiger partial charge in [-0.25, -0.2) is 13.6 Å². The van der Waals surface area contributed by atoms with Gasteiger partial charge >= 0.3 is 0 Å². The van der Waals surface area contributed by atoms with Crippen molar-refractivity contribution in [3.8, 4) is 0 Å². The lowest BCUT2D eigenvalue weighted by molar-refractivity contribution is 0.148. The van der Waals surface area contributed by atoms with E-state index < -0.39 is 10.0 Å². The lowest BCUT2D eigenvalue weighted by Crippen LogP contribution is -2.50. The van der Waals surface area contributed by atoms with Gasteiger partial charge in [-0.1, -0.05) is 0 Å². The first-order valence-electron chi connectivity index (χ1n) is 6.92. The van der Waals surface area contributed by atoms with E-state index in [-0.39, 0.29) is 11.5 Å². The first-order chi connectivity index (χ1) is 10.4. The van der Waals surface area contributed by atoms with Crippen LogP contribution in [0.25, 0.3) is 0 Å². The molecule has 2 rings (SSSR count). The van der Waals surface area contributed by atoms with Gasteiger partial charge in [0.25, 0.3) is 0 Å². The van der Waals surface area contributed by atoms with Crippen LogP contribution in [-0.4, -0.2) is 67.8 Å². The second kappa shape index (κ2) is 7.34. The van der Waals surface area contributed by atoms with Crippen LogP contribution in [0, 0.1) is 0 Å². The molecule has 0 amide bonds. The highest BCUT2D eigenvalue weighted by molar-refractivity contribution is 7.89. The Kier molecular flexibility index (Phi) is 5.70. The third-order valence-electron chi connectivity index (χ3n) is 3.51. The van der Waals surface area contributed by atoms with Gasteiger partial charge in [-0.2, -0.15) is 0 Å². The SMILES string of the molecule is NS(=O)(=O)c1ccc(NC(=S)N2CCN(CCO)CC2)cc1. The summed E-state index contributed by atoms with van der Waals surface area (Å²) in [6, 6.07) is 6.15. The summed E-state index contributed by atoms with van der Waals surface area (Å²) in [7, 11) is -3.68. The lowest BCUT2D eigenvalue weighted by Gasteiger charge is -2.35. The van der Waals surface area contributed by atoms with Crippen LogP contribution in [0.3, 0.4) is 0 Å². The largest absolute Gasteiger partial charge is 0.395 e. The second-order valence-electron chi connectivity index (χ2n) is 5.05. The molecule has 0 unspecified atom stereocenters. The summed E-state index contributed by atoms with van der Waals surface area (Å²) in [4.78, 5) is 4.30. The van der Waals surface area contributed by atoms with E-state index in [4.69, 9.17) is 22.5 Å². The summed E-state index contributed by atoms with van der Waals surface area (Å²) < 4.78 is 22.4. The fourth-order valence-electron chi connectivity index (χ4n) is 2.25. The first-order valence-corrected chi connectivity index (χ1v) is 8.87. The van der Waals surface area contributed by atoms with Gasteiger partial charge in [-0.05, 0) is 36.5 Å². The molecule has 122 valence electrons. The molecule has 1 fully saturated rings. The Labute approximate surface area is 135 Å². The Hall–Kier alpha value is -1.26. The Morgan fingerprint density at radius 2 is 1.82 bits per heavy atom. The summed E-state index contributed by atoms with van der Waals surface area (Å²) in [5, 5.41) is 17.7. The van der Waals surface area contributed by atoms with Crippen molar-refractivity contribution in [2.75, 3.05) is 44.6 Å². The zero-order chi connectivity index (χ0) is 16.2. The molecule has 4 N–H and O–H groups in total. The zero-order valence-electron chi connectivity index (χ0n) is 12.1. The normalized spacial score (nSPS) is 16.5. The van der Waals surface area contributed by atoms with Gasteiger partial charge in [-0.15, -0.1) is 0 Å².